The van der Waals surface area contributed by atoms with Crippen LogP contribution in [-0.4, -0.2) is 31.8 Å². The molecular weight excluding hydrogens is 262 g/mol. The number of anilines is 3. The molecule has 8 heteroatoms. The van der Waals surface area contributed by atoms with Gasteiger partial charge >= 0.3 is 0 Å². The van der Waals surface area contributed by atoms with Crippen molar-refractivity contribution in [2.24, 2.45) is 0 Å². The Morgan fingerprint density at radius 3 is 2.79 bits per heavy atom. The molecule has 0 atom stereocenters. The molecule has 3 heterocycles. The van der Waals surface area contributed by atoms with Gasteiger partial charge < -0.3 is 10.6 Å². The molecule has 0 aromatic carbocycles. The van der Waals surface area contributed by atoms with E-state index in [1.807, 2.05) is 22.9 Å². The highest BCUT2D eigenvalue weighted by Gasteiger charge is 2.07. The van der Waals surface area contributed by atoms with Crippen molar-refractivity contribution in [2.75, 3.05) is 17.7 Å². The maximum absolute atomic E-state index is 4.33. The van der Waals surface area contributed by atoms with Crippen molar-refractivity contribution in [3.05, 3.63) is 35.3 Å². The summed E-state index contributed by atoms with van der Waals surface area (Å²) in [4.78, 5) is 12.8. The third-order valence-electron chi connectivity index (χ3n) is 2.33. The summed E-state index contributed by atoms with van der Waals surface area (Å²) in [7, 11) is 1.76. The molecule has 2 N–H and O–H groups in total. The lowest BCUT2D eigenvalue weighted by Gasteiger charge is -2.07. The Morgan fingerprint density at radius 1 is 1.21 bits per heavy atom. The summed E-state index contributed by atoms with van der Waals surface area (Å²) >= 11 is 1.60. The molecular formula is C11H11N7S. The second-order valence-electron chi connectivity index (χ2n) is 3.62. The molecule has 0 bridgehead atoms. The molecule has 0 unspecified atom stereocenters. The SMILES string of the molecule is CNc1nc(Nc2ccsc2)nc(-n2cccn2)n1. The maximum atomic E-state index is 4.33. The van der Waals surface area contributed by atoms with E-state index < -0.39 is 0 Å². The Morgan fingerprint density at radius 2 is 2.11 bits per heavy atom. The Balaban J connectivity index is 1.98. The molecule has 3 aromatic rings. The summed E-state index contributed by atoms with van der Waals surface area (Å²) in [5.74, 6) is 1.42. The molecule has 3 rings (SSSR count). The Hall–Kier alpha value is -2.48. The van der Waals surface area contributed by atoms with E-state index in [2.05, 4.69) is 30.7 Å². The highest BCUT2D eigenvalue weighted by molar-refractivity contribution is 7.08. The van der Waals surface area contributed by atoms with Crippen molar-refractivity contribution < 1.29 is 0 Å². The van der Waals surface area contributed by atoms with E-state index in [9.17, 15) is 0 Å². The van der Waals surface area contributed by atoms with Crippen molar-refractivity contribution in [1.29, 1.82) is 0 Å². The highest BCUT2D eigenvalue weighted by Crippen LogP contribution is 2.17. The van der Waals surface area contributed by atoms with Gasteiger partial charge in [-0.1, -0.05) is 0 Å². The fourth-order valence-electron chi connectivity index (χ4n) is 1.49. The van der Waals surface area contributed by atoms with Crippen molar-refractivity contribution in [3.63, 3.8) is 0 Å². The minimum atomic E-state index is 0.460. The lowest BCUT2D eigenvalue weighted by molar-refractivity contribution is 0.800. The third-order valence-corrected chi connectivity index (χ3v) is 3.02. The summed E-state index contributed by atoms with van der Waals surface area (Å²) in [5, 5.41) is 14.1. The van der Waals surface area contributed by atoms with Gasteiger partial charge in [-0.3, -0.25) is 0 Å². The lowest BCUT2D eigenvalue weighted by atomic mass is 10.5. The fourth-order valence-corrected chi connectivity index (χ4v) is 2.07. The van der Waals surface area contributed by atoms with E-state index in [0.29, 0.717) is 17.8 Å². The molecule has 0 aliphatic rings. The smallest absolute Gasteiger partial charge is 0.257 e. The number of rotatable bonds is 4. The van der Waals surface area contributed by atoms with Crippen LogP contribution in [0.3, 0.4) is 0 Å². The molecule has 0 spiro atoms. The first kappa shape index (κ1) is 11.6. The van der Waals surface area contributed by atoms with Crippen LogP contribution in [0.25, 0.3) is 5.95 Å². The molecule has 0 radical (unpaired) electrons. The van der Waals surface area contributed by atoms with Crippen LogP contribution < -0.4 is 10.6 Å². The van der Waals surface area contributed by atoms with Crippen LogP contribution in [0, 0.1) is 0 Å². The van der Waals surface area contributed by atoms with Gasteiger partial charge in [0.05, 0.1) is 5.69 Å². The number of hydrogen-bond acceptors (Lipinski definition) is 7. The van der Waals surface area contributed by atoms with E-state index >= 15 is 0 Å². The predicted octanol–water partition coefficient (Wildman–Crippen LogP) is 1.90. The van der Waals surface area contributed by atoms with Gasteiger partial charge in [0.25, 0.3) is 5.95 Å². The number of hydrogen-bond donors (Lipinski definition) is 2. The Bertz CT molecular complexity index is 648. The second-order valence-corrected chi connectivity index (χ2v) is 4.40. The Kier molecular flexibility index (Phi) is 3.07. The maximum Gasteiger partial charge on any atom is 0.257 e. The third kappa shape index (κ3) is 2.52. The van der Waals surface area contributed by atoms with Gasteiger partial charge in [0, 0.05) is 24.8 Å². The van der Waals surface area contributed by atoms with Crippen LogP contribution in [0.5, 0.6) is 0 Å². The summed E-state index contributed by atoms with van der Waals surface area (Å²) in [6.45, 7) is 0. The first-order chi connectivity index (χ1) is 9.35. The number of thiophene rings is 1. The van der Waals surface area contributed by atoms with Crippen LogP contribution in [0.4, 0.5) is 17.6 Å². The summed E-state index contributed by atoms with van der Waals surface area (Å²) < 4.78 is 1.58. The van der Waals surface area contributed by atoms with Crippen LogP contribution in [0.1, 0.15) is 0 Å². The summed E-state index contributed by atoms with van der Waals surface area (Å²) in [6.07, 6.45) is 3.46. The second kappa shape index (κ2) is 5.02. The van der Waals surface area contributed by atoms with Gasteiger partial charge in [-0.25, -0.2) is 4.68 Å². The molecule has 0 fully saturated rings. The molecule has 0 saturated carbocycles. The lowest BCUT2D eigenvalue weighted by Crippen LogP contribution is -2.09. The number of nitrogens with one attached hydrogen (secondary N) is 2. The van der Waals surface area contributed by atoms with Gasteiger partial charge in [0.2, 0.25) is 11.9 Å². The Labute approximate surface area is 113 Å². The highest BCUT2D eigenvalue weighted by atomic mass is 32.1. The quantitative estimate of drug-likeness (QED) is 0.755. The minimum absolute atomic E-state index is 0.460. The van der Waals surface area contributed by atoms with Crippen LogP contribution >= 0.6 is 11.3 Å². The fraction of sp³-hybridized carbons (Fsp3) is 0.0909. The predicted molar refractivity (Wildman–Crippen MR) is 74.1 cm³/mol. The molecule has 0 aliphatic carbocycles. The first-order valence-electron chi connectivity index (χ1n) is 5.58. The van der Waals surface area contributed by atoms with Gasteiger partial charge in [-0.15, -0.1) is 0 Å². The zero-order valence-corrected chi connectivity index (χ0v) is 10.9. The standard InChI is InChI=1S/C11H11N7S/c1-12-9-15-10(14-8-3-6-19-7-8)17-11(16-9)18-5-2-4-13-18/h2-7H,1H3,(H2,12,14,15,16,17). The summed E-state index contributed by atoms with van der Waals surface area (Å²) in [5.41, 5.74) is 0.949. The molecule has 0 saturated heterocycles. The van der Waals surface area contributed by atoms with Crippen LogP contribution in [0.2, 0.25) is 0 Å². The van der Waals surface area contributed by atoms with Crippen molar-refractivity contribution >= 4 is 28.9 Å². The van der Waals surface area contributed by atoms with Crippen LogP contribution in [0.15, 0.2) is 35.3 Å². The van der Waals surface area contributed by atoms with E-state index in [4.69, 9.17) is 0 Å². The molecule has 0 amide bonds. The molecule has 3 aromatic heterocycles. The van der Waals surface area contributed by atoms with E-state index in [1.54, 1.807) is 35.5 Å². The zero-order chi connectivity index (χ0) is 13.1. The van der Waals surface area contributed by atoms with Gasteiger partial charge in [-0.2, -0.15) is 31.4 Å². The molecule has 0 aliphatic heterocycles. The van der Waals surface area contributed by atoms with E-state index in [-0.39, 0.29) is 0 Å². The number of nitrogens with zero attached hydrogens (tertiary/aromatic N) is 5. The van der Waals surface area contributed by atoms with Crippen molar-refractivity contribution in [3.8, 4) is 5.95 Å². The van der Waals surface area contributed by atoms with Crippen molar-refractivity contribution in [2.45, 2.75) is 0 Å². The largest absolute Gasteiger partial charge is 0.357 e. The van der Waals surface area contributed by atoms with E-state index in [0.717, 1.165) is 5.69 Å². The van der Waals surface area contributed by atoms with Crippen LogP contribution in [-0.2, 0) is 0 Å². The minimum Gasteiger partial charge on any atom is -0.357 e. The summed E-state index contributed by atoms with van der Waals surface area (Å²) in [6, 6.07) is 3.77. The monoisotopic (exact) mass is 273 g/mol. The number of aromatic nitrogens is 5. The zero-order valence-electron chi connectivity index (χ0n) is 10.1. The van der Waals surface area contributed by atoms with Gasteiger partial charge in [0.15, 0.2) is 0 Å². The van der Waals surface area contributed by atoms with Gasteiger partial charge in [0.1, 0.15) is 0 Å². The first-order valence-corrected chi connectivity index (χ1v) is 6.52. The molecule has 96 valence electrons. The normalized spacial score (nSPS) is 10.4. The topological polar surface area (TPSA) is 80.5 Å². The average Bonchev–Trinajstić information content (AvgIpc) is 3.11. The van der Waals surface area contributed by atoms with E-state index in [1.165, 1.54) is 0 Å². The molecule has 19 heavy (non-hydrogen) atoms. The van der Waals surface area contributed by atoms with Gasteiger partial charge in [-0.05, 0) is 17.5 Å². The average molecular weight is 273 g/mol. The molecule has 7 nitrogen and oxygen atoms in total. The van der Waals surface area contributed by atoms with Crippen molar-refractivity contribution in [1.82, 2.24) is 24.7 Å².